The van der Waals surface area contributed by atoms with Crippen molar-refractivity contribution in [1.82, 2.24) is 0 Å². The predicted octanol–water partition coefficient (Wildman–Crippen LogP) is 4.53. The monoisotopic (exact) mass is 345 g/mol. The van der Waals surface area contributed by atoms with Crippen molar-refractivity contribution < 1.29 is 9.47 Å². The molecule has 0 amide bonds. The number of nitriles is 1. The zero-order chi connectivity index (χ0) is 15.4. The Balaban J connectivity index is 2.22. The van der Waals surface area contributed by atoms with Crippen molar-refractivity contribution in [1.29, 1.82) is 5.26 Å². The third-order valence-corrected chi connectivity index (χ3v) is 4.46. The second kappa shape index (κ2) is 6.64. The average Bonchev–Trinajstić information content (AvgIpc) is 2.50. The molecular formula is C17H16BrNO2. The molecule has 0 heterocycles. The van der Waals surface area contributed by atoms with E-state index in [1.807, 2.05) is 26.0 Å². The van der Waals surface area contributed by atoms with Crippen LogP contribution in [0.4, 0.5) is 0 Å². The highest BCUT2D eigenvalue weighted by Gasteiger charge is 2.07. The van der Waals surface area contributed by atoms with Crippen molar-refractivity contribution >= 4 is 15.9 Å². The fourth-order valence-corrected chi connectivity index (χ4v) is 2.34. The van der Waals surface area contributed by atoms with Gasteiger partial charge in [-0.25, -0.2) is 0 Å². The number of aryl methyl sites for hydroxylation is 2. The van der Waals surface area contributed by atoms with Crippen LogP contribution in [0.25, 0.3) is 0 Å². The summed E-state index contributed by atoms with van der Waals surface area (Å²) in [4.78, 5) is 0. The molecule has 0 saturated heterocycles. The van der Waals surface area contributed by atoms with Gasteiger partial charge in [-0.1, -0.05) is 15.9 Å². The number of nitrogens with zero attached hydrogens (tertiary/aromatic N) is 1. The Hall–Kier alpha value is -1.99. The molecule has 0 aliphatic carbocycles. The summed E-state index contributed by atoms with van der Waals surface area (Å²) in [6.07, 6.45) is 0. The molecule has 4 heteroatoms. The van der Waals surface area contributed by atoms with Crippen LogP contribution in [0.1, 0.15) is 22.3 Å². The normalized spacial score (nSPS) is 10.0. The van der Waals surface area contributed by atoms with Gasteiger partial charge in [-0.05, 0) is 55.3 Å². The zero-order valence-corrected chi connectivity index (χ0v) is 13.8. The molecule has 108 valence electrons. The van der Waals surface area contributed by atoms with Gasteiger partial charge < -0.3 is 9.47 Å². The molecule has 0 N–H and O–H groups in total. The number of rotatable bonds is 4. The first kappa shape index (κ1) is 15.4. The average molecular weight is 346 g/mol. The Morgan fingerprint density at radius 3 is 2.38 bits per heavy atom. The van der Waals surface area contributed by atoms with Gasteiger partial charge >= 0.3 is 0 Å². The minimum Gasteiger partial charge on any atom is -0.496 e. The van der Waals surface area contributed by atoms with E-state index in [-0.39, 0.29) is 0 Å². The molecule has 0 fully saturated rings. The number of ether oxygens (including phenoxy) is 2. The van der Waals surface area contributed by atoms with Crippen molar-refractivity contribution in [2.75, 3.05) is 7.11 Å². The van der Waals surface area contributed by atoms with Crippen molar-refractivity contribution in [2.45, 2.75) is 20.5 Å². The van der Waals surface area contributed by atoms with Gasteiger partial charge in [0.05, 0.1) is 18.7 Å². The fraction of sp³-hybridized carbons (Fsp3) is 0.235. The lowest BCUT2D eigenvalue weighted by Gasteiger charge is -2.12. The molecule has 0 atom stereocenters. The first-order valence-corrected chi connectivity index (χ1v) is 7.31. The maximum atomic E-state index is 8.98. The standard InChI is InChI=1S/C17H16BrNO2/c1-11-6-15(7-12(2)17(11)18)21-10-14-8-13(9-19)4-5-16(14)20-3/h4-8H,10H2,1-3H3. The van der Waals surface area contributed by atoms with E-state index in [0.29, 0.717) is 12.2 Å². The molecule has 2 aromatic rings. The molecule has 0 aliphatic rings. The highest BCUT2D eigenvalue weighted by Crippen LogP contribution is 2.28. The van der Waals surface area contributed by atoms with Gasteiger partial charge in [-0.2, -0.15) is 5.26 Å². The van der Waals surface area contributed by atoms with Crippen LogP contribution in [-0.2, 0) is 6.61 Å². The van der Waals surface area contributed by atoms with Crippen molar-refractivity contribution in [3.63, 3.8) is 0 Å². The number of hydrogen-bond acceptors (Lipinski definition) is 3. The van der Waals surface area contributed by atoms with Crippen LogP contribution in [0.5, 0.6) is 11.5 Å². The second-order valence-electron chi connectivity index (χ2n) is 4.80. The van der Waals surface area contributed by atoms with E-state index in [1.54, 1.807) is 25.3 Å². The van der Waals surface area contributed by atoms with Crippen LogP contribution in [0.2, 0.25) is 0 Å². The molecule has 2 rings (SSSR count). The fourth-order valence-electron chi connectivity index (χ4n) is 2.11. The number of halogens is 1. The van der Waals surface area contributed by atoms with Gasteiger partial charge in [-0.15, -0.1) is 0 Å². The lowest BCUT2D eigenvalue weighted by Crippen LogP contribution is -2.00. The molecule has 0 saturated carbocycles. The van der Waals surface area contributed by atoms with Gasteiger partial charge in [0.15, 0.2) is 0 Å². The van der Waals surface area contributed by atoms with Crippen LogP contribution in [0.3, 0.4) is 0 Å². The number of methoxy groups -OCH3 is 1. The van der Waals surface area contributed by atoms with E-state index in [1.165, 1.54) is 0 Å². The van der Waals surface area contributed by atoms with E-state index in [4.69, 9.17) is 14.7 Å². The largest absolute Gasteiger partial charge is 0.496 e. The highest BCUT2D eigenvalue weighted by atomic mass is 79.9. The molecular weight excluding hydrogens is 330 g/mol. The van der Waals surface area contributed by atoms with Crippen LogP contribution < -0.4 is 9.47 Å². The Morgan fingerprint density at radius 1 is 1.14 bits per heavy atom. The summed E-state index contributed by atoms with van der Waals surface area (Å²) in [5, 5.41) is 8.98. The molecule has 21 heavy (non-hydrogen) atoms. The minimum absolute atomic E-state index is 0.360. The Bertz CT molecular complexity index is 681. The molecule has 0 radical (unpaired) electrons. The van der Waals surface area contributed by atoms with Gasteiger partial charge in [0.1, 0.15) is 18.1 Å². The maximum Gasteiger partial charge on any atom is 0.125 e. The quantitative estimate of drug-likeness (QED) is 0.817. The van der Waals surface area contributed by atoms with Crippen LogP contribution in [0.15, 0.2) is 34.8 Å². The number of hydrogen-bond donors (Lipinski definition) is 0. The smallest absolute Gasteiger partial charge is 0.125 e. The molecule has 0 bridgehead atoms. The van der Waals surface area contributed by atoms with Crippen LogP contribution in [-0.4, -0.2) is 7.11 Å². The van der Waals surface area contributed by atoms with Crippen LogP contribution in [0, 0.1) is 25.2 Å². The first-order valence-electron chi connectivity index (χ1n) is 6.51. The van der Waals surface area contributed by atoms with Crippen LogP contribution >= 0.6 is 15.9 Å². The Labute approximate surface area is 133 Å². The summed E-state index contributed by atoms with van der Waals surface area (Å²) < 4.78 is 12.2. The molecule has 0 spiro atoms. The molecule has 0 aliphatic heterocycles. The predicted molar refractivity (Wildman–Crippen MR) is 85.7 cm³/mol. The second-order valence-corrected chi connectivity index (χ2v) is 5.59. The molecule has 2 aromatic carbocycles. The molecule has 3 nitrogen and oxygen atoms in total. The summed E-state index contributed by atoms with van der Waals surface area (Å²) in [6.45, 7) is 4.42. The van der Waals surface area contributed by atoms with E-state index in [2.05, 4.69) is 22.0 Å². The van der Waals surface area contributed by atoms with Gasteiger partial charge in [0.2, 0.25) is 0 Å². The van der Waals surface area contributed by atoms with Gasteiger partial charge in [0.25, 0.3) is 0 Å². The van der Waals surface area contributed by atoms with Gasteiger partial charge in [-0.3, -0.25) is 0 Å². The topological polar surface area (TPSA) is 42.2 Å². The van der Waals surface area contributed by atoms with E-state index < -0.39 is 0 Å². The van der Waals surface area contributed by atoms with E-state index in [0.717, 1.165) is 32.7 Å². The van der Waals surface area contributed by atoms with E-state index in [9.17, 15) is 0 Å². The summed E-state index contributed by atoms with van der Waals surface area (Å²) in [7, 11) is 1.61. The first-order chi connectivity index (χ1) is 10.0. The maximum absolute atomic E-state index is 8.98. The Morgan fingerprint density at radius 2 is 1.81 bits per heavy atom. The lowest BCUT2D eigenvalue weighted by atomic mass is 10.1. The van der Waals surface area contributed by atoms with Crippen molar-refractivity contribution in [3.8, 4) is 17.6 Å². The summed E-state index contributed by atoms with van der Waals surface area (Å²) in [5.74, 6) is 1.53. The number of benzene rings is 2. The third-order valence-electron chi connectivity index (χ3n) is 3.21. The minimum atomic E-state index is 0.360. The zero-order valence-electron chi connectivity index (χ0n) is 12.2. The van der Waals surface area contributed by atoms with Gasteiger partial charge in [0, 0.05) is 10.0 Å². The summed E-state index contributed by atoms with van der Waals surface area (Å²) in [6, 6.07) is 11.4. The SMILES string of the molecule is COc1ccc(C#N)cc1COc1cc(C)c(Br)c(C)c1. The van der Waals surface area contributed by atoms with Crippen molar-refractivity contribution in [2.24, 2.45) is 0 Å². The Kier molecular flexibility index (Phi) is 4.87. The van der Waals surface area contributed by atoms with Crippen molar-refractivity contribution in [3.05, 3.63) is 57.1 Å². The molecule has 0 unspecified atom stereocenters. The summed E-state index contributed by atoms with van der Waals surface area (Å²) >= 11 is 3.54. The molecule has 0 aromatic heterocycles. The lowest BCUT2D eigenvalue weighted by molar-refractivity contribution is 0.296. The van der Waals surface area contributed by atoms with E-state index >= 15 is 0 Å². The highest BCUT2D eigenvalue weighted by molar-refractivity contribution is 9.10. The summed E-state index contributed by atoms with van der Waals surface area (Å²) in [5.41, 5.74) is 3.71. The third kappa shape index (κ3) is 3.56.